The standard InChI is InChI=1S/C14H14FN3S/c1-8(14-9(2)19-10(3)18-14)17-13-6-4-5-12(15)11(13)7-16/h4-6,8,17H,1-3H3. The second kappa shape index (κ2) is 5.37. The maximum Gasteiger partial charge on any atom is 0.143 e. The fraction of sp³-hybridized carbons (Fsp3) is 0.286. The maximum absolute atomic E-state index is 13.5. The smallest absolute Gasteiger partial charge is 0.143 e. The number of nitrogens with one attached hydrogen (secondary N) is 1. The zero-order chi connectivity index (χ0) is 14.0. The van der Waals surface area contributed by atoms with Crippen molar-refractivity contribution in [3.05, 3.63) is 45.2 Å². The number of nitriles is 1. The number of hydrogen-bond donors (Lipinski definition) is 1. The van der Waals surface area contributed by atoms with E-state index in [4.69, 9.17) is 5.26 Å². The molecule has 0 aliphatic rings. The predicted octanol–water partition coefficient (Wildman–Crippen LogP) is 3.94. The Bertz CT molecular complexity index is 643. The Kier molecular flexibility index (Phi) is 3.82. The first-order valence-corrected chi connectivity index (χ1v) is 6.73. The van der Waals surface area contributed by atoms with Crippen molar-refractivity contribution in [1.29, 1.82) is 5.26 Å². The Hall–Kier alpha value is -1.93. The van der Waals surface area contributed by atoms with Gasteiger partial charge in [0.05, 0.1) is 22.4 Å². The van der Waals surface area contributed by atoms with E-state index in [0.717, 1.165) is 15.6 Å². The second-order valence-corrected chi connectivity index (χ2v) is 5.72. The van der Waals surface area contributed by atoms with E-state index in [1.165, 1.54) is 6.07 Å². The lowest BCUT2D eigenvalue weighted by Gasteiger charge is -2.15. The molecule has 0 aliphatic carbocycles. The number of hydrogen-bond acceptors (Lipinski definition) is 4. The largest absolute Gasteiger partial charge is 0.376 e. The number of rotatable bonds is 3. The first kappa shape index (κ1) is 13.5. The van der Waals surface area contributed by atoms with E-state index in [1.54, 1.807) is 23.5 Å². The fourth-order valence-corrected chi connectivity index (χ4v) is 2.92. The highest BCUT2D eigenvalue weighted by atomic mass is 32.1. The van der Waals surface area contributed by atoms with Crippen molar-refractivity contribution in [2.45, 2.75) is 26.8 Å². The zero-order valence-corrected chi connectivity index (χ0v) is 11.8. The van der Waals surface area contributed by atoms with Gasteiger partial charge in [-0.1, -0.05) is 6.07 Å². The minimum Gasteiger partial charge on any atom is -0.376 e. The summed E-state index contributed by atoms with van der Waals surface area (Å²) in [6.07, 6.45) is 0. The van der Waals surface area contributed by atoms with Crippen LogP contribution < -0.4 is 5.32 Å². The molecule has 1 unspecified atom stereocenters. The van der Waals surface area contributed by atoms with Gasteiger partial charge >= 0.3 is 0 Å². The molecule has 0 spiro atoms. The van der Waals surface area contributed by atoms with E-state index >= 15 is 0 Å². The minimum atomic E-state index is -0.508. The van der Waals surface area contributed by atoms with Crippen LogP contribution in [0.3, 0.4) is 0 Å². The van der Waals surface area contributed by atoms with Gasteiger partial charge in [0.15, 0.2) is 0 Å². The Morgan fingerprint density at radius 2 is 2.16 bits per heavy atom. The topological polar surface area (TPSA) is 48.7 Å². The van der Waals surface area contributed by atoms with Crippen LogP contribution >= 0.6 is 11.3 Å². The molecule has 0 amide bonds. The van der Waals surface area contributed by atoms with Crippen molar-refractivity contribution < 1.29 is 4.39 Å². The van der Waals surface area contributed by atoms with Crippen LogP contribution in [0.25, 0.3) is 0 Å². The highest BCUT2D eigenvalue weighted by Gasteiger charge is 2.15. The summed E-state index contributed by atoms with van der Waals surface area (Å²) in [5.41, 5.74) is 1.48. The fourth-order valence-electron chi connectivity index (χ4n) is 2.01. The number of aromatic nitrogens is 1. The first-order valence-electron chi connectivity index (χ1n) is 5.92. The molecule has 98 valence electrons. The van der Waals surface area contributed by atoms with Gasteiger partial charge in [0.25, 0.3) is 0 Å². The van der Waals surface area contributed by atoms with Gasteiger partial charge in [0.2, 0.25) is 0 Å². The number of aryl methyl sites for hydroxylation is 2. The molecule has 0 radical (unpaired) electrons. The third-order valence-corrected chi connectivity index (χ3v) is 3.75. The van der Waals surface area contributed by atoms with E-state index in [9.17, 15) is 4.39 Å². The van der Waals surface area contributed by atoms with Crippen molar-refractivity contribution in [3.8, 4) is 6.07 Å². The second-order valence-electron chi connectivity index (χ2n) is 4.31. The van der Waals surface area contributed by atoms with Crippen LogP contribution in [0.2, 0.25) is 0 Å². The third kappa shape index (κ3) is 2.74. The molecule has 1 aromatic carbocycles. The third-order valence-electron chi connectivity index (χ3n) is 2.85. The number of halogens is 1. The molecule has 1 heterocycles. The maximum atomic E-state index is 13.5. The Morgan fingerprint density at radius 3 is 2.74 bits per heavy atom. The van der Waals surface area contributed by atoms with Crippen molar-refractivity contribution in [2.75, 3.05) is 5.32 Å². The molecule has 0 bridgehead atoms. The van der Waals surface area contributed by atoms with Gasteiger partial charge in [-0.15, -0.1) is 11.3 Å². The Labute approximate surface area is 115 Å². The molecule has 2 aromatic rings. The van der Waals surface area contributed by atoms with Crippen molar-refractivity contribution in [1.82, 2.24) is 4.98 Å². The van der Waals surface area contributed by atoms with Crippen LogP contribution in [-0.2, 0) is 0 Å². The van der Waals surface area contributed by atoms with Gasteiger partial charge in [-0.3, -0.25) is 0 Å². The number of thiazole rings is 1. The molecule has 19 heavy (non-hydrogen) atoms. The van der Waals surface area contributed by atoms with E-state index in [2.05, 4.69) is 10.3 Å². The lowest BCUT2D eigenvalue weighted by Crippen LogP contribution is -2.10. The summed E-state index contributed by atoms with van der Waals surface area (Å²) in [7, 11) is 0. The quantitative estimate of drug-likeness (QED) is 0.922. The molecule has 2 rings (SSSR count). The summed E-state index contributed by atoms with van der Waals surface area (Å²) < 4.78 is 13.5. The van der Waals surface area contributed by atoms with Crippen molar-refractivity contribution in [2.24, 2.45) is 0 Å². The number of nitrogens with zero attached hydrogens (tertiary/aromatic N) is 2. The average molecular weight is 275 g/mol. The normalized spacial score (nSPS) is 11.9. The molecule has 1 aromatic heterocycles. The van der Waals surface area contributed by atoms with Crippen molar-refractivity contribution >= 4 is 17.0 Å². The molecular formula is C14H14FN3S. The van der Waals surface area contributed by atoms with Crippen LogP contribution in [0.5, 0.6) is 0 Å². The lowest BCUT2D eigenvalue weighted by molar-refractivity contribution is 0.624. The van der Waals surface area contributed by atoms with Gasteiger partial charge < -0.3 is 5.32 Å². The van der Waals surface area contributed by atoms with Crippen LogP contribution in [0.4, 0.5) is 10.1 Å². The van der Waals surface area contributed by atoms with Crippen LogP contribution in [-0.4, -0.2) is 4.98 Å². The summed E-state index contributed by atoms with van der Waals surface area (Å²) in [4.78, 5) is 5.60. The monoisotopic (exact) mass is 275 g/mol. The van der Waals surface area contributed by atoms with Gasteiger partial charge in [-0.05, 0) is 32.9 Å². The van der Waals surface area contributed by atoms with E-state index < -0.39 is 5.82 Å². The highest BCUT2D eigenvalue weighted by Crippen LogP contribution is 2.27. The summed E-state index contributed by atoms with van der Waals surface area (Å²) >= 11 is 1.63. The lowest BCUT2D eigenvalue weighted by atomic mass is 10.1. The summed E-state index contributed by atoms with van der Waals surface area (Å²) in [6.45, 7) is 5.92. The van der Waals surface area contributed by atoms with Gasteiger partial charge in [-0.25, -0.2) is 9.37 Å². The average Bonchev–Trinajstić information content (AvgIpc) is 2.69. The van der Waals surface area contributed by atoms with Crippen LogP contribution in [0.1, 0.15) is 34.1 Å². The Balaban J connectivity index is 2.30. The molecule has 0 saturated carbocycles. The number of benzene rings is 1. The van der Waals surface area contributed by atoms with Crippen LogP contribution in [0.15, 0.2) is 18.2 Å². The molecule has 1 atom stereocenters. The van der Waals surface area contributed by atoms with Gasteiger partial charge in [0, 0.05) is 4.88 Å². The first-order chi connectivity index (χ1) is 9.02. The van der Waals surface area contributed by atoms with E-state index in [0.29, 0.717) is 5.69 Å². The molecule has 0 aliphatic heterocycles. The number of anilines is 1. The Morgan fingerprint density at radius 1 is 1.42 bits per heavy atom. The summed E-state index contributed by atoms with van der Waals surface area (Å²) in [6, 6.07) is 6.39. The molecule has 5 heteroatoms. The van der Waals surface area contributed by atoms with E-state index in [-0.39, 0.29) is 11.6 Å². The molecule has 0 fully saturated rings. The molecule has 1 N–H and O–H groups in total. The molecule has 3 nitrogen and oxygen atoms in total. The molecule has 0 saturated heterocycles. The SMILES string of the molecule is Cc1nc(C(C)Nc2cccc(F)c2C#N)c(C)s1. The molecular weight excluding hydrogens is 261 g/mol. The van der Waals surface area contributed by atoms with Crippen molar-refractivity contribution in [3.63, 3.8) is 0 Å². The van der Waals surface area contributed by atoms with E-state index in [1.807, 2.05) is 26.8 Å². The van der Waals surface area contributed by atoms with Crippen LogP contribution in [0, 0.1) is 31.0 Å². The van der Waals surface area contributed by atoms with Gasteiger partial charge in [-0.2, -0.15) is 5.26 Å². The highest BCUT2D eigenvalue weighted by molar-refractivity contribution is 7.11. The van der Waals surface area contributed by atoms with Gasteiger partial charge in [0.1, 0.15) is 17.4 Å². The minimum absolute atomic E-state index is 0.0407. The zero-order valence-electron chi connectivity index (χ0n) is 11.0. The summed E-state index contributed by atoms with van der Waals surface area (Å²) in [5.74, 6) is -0.508. The summed E-state index contributed by atoms with van der Waals surface area (Å²) in [5, 5.41) is 13.2. The predicted molar refractivity (Wildman–Crippen MR) is 74.7 cm³/mol.